The Balaban J connectivity index is 1.50. The number of benzene rings is 6. The van der Waals surface area contributed by atoms with Gasteiger partial charge < -0.3 is 9.13 Å². The molecule has 0 fully saturated rings. The van der Waals surface area contributed by atoms with Gasteiger partial charge in [0.15, 0.2) is 0 Å². The van der Waals surface area contributed by atoms with Gasteiger partial charge in [-0.1, -0.05) is 78.9 Å². The second-order valence-electron chi connectivity index (χ2n) is 10.4. The Morgan fingerprint density at radius 3 is 1.98 bits per heavy atom. The fourth-order valence-corrected chi connectivity index (χ4v) is 6.40. The van der Waals surface area contributed by atoms with Crippen molar-refractivity contribution in [1.29, 1.82) is 10.5 Å². The van der Waals surface area contributed by atoms with Crippen LogP contribution in [0.1, 0.15) is 11.1 Å². The van der Waals surface area contributed by atoms with Crippen LogP contribution in [0, 0.1) is 22.7 Å². The van der Waals surface area contributed by atoms with Gasteiger partial charge in [-0.3, -0.25) is 0 Å². The van der Waals surface area contributed by atoms with Crippen LogP contribution in [-0.2, 0) is 0 Å². The standard InChI is InChI=1S/C38H22N4/c39-23-25-17-18-30(27(21-25)24-40)26-9-8-12-29(22-26)42-34-15-6-4-13-31(34)32-19-20-36-37(38(32)42)33-14-5-7-16-35(33)41(36)28-10-2-1-3-11-28/h1-22H. The van der Waals surface area contributed by atoms with Gasteiger partial charge in [-0.15, -0.1) is 0 Å². The first kappa shape index (κ1) is 23.8. The Morgan fingerprint density at radius 1 is 0.476 bits per heavy atom. The van der Waals surface area contributed by atoms with Crippen molar-refractivity contribution in [3.63, 3.8) is 0 Å². The molecule has 42 heavy (non-hydrogen) atoms. The number of hydrogen-bond acceptors (Lipinski definition) is 2. The van der Waals surface area contributed by atoms with Gasteiger partial charge in [-0.2, -0.15) is 10.5 Å². The second-order valence-corrected chi connectivity index (χ2v) is 10.4. The van der Waals surface area contributed by atoms with Gasteiger partial charge in [0.1, 0.15) is 0 Å². The molecule has 0 saturated carbocycles. The van der Waals surface area contributed by atoms with Crippen LogP contribution >= 0.6 is 0 Å². The highest BCUT2D eigenvalue weighted by Gasteiger charge is 2.20. The molecule has 0 unspecified atom stereocenters. The fraction of sp³-hybridized carbons (Fsp3) is 0. The monoisotopic (exact) mass is 534 g/mol. The third kappa shape index (κ3) is 3.40. The Hall–Kier alpha value is -6.10. The summed E-state index contributed by atoms with van der Waals surface area (Å²) in [4.78, 5) is 0. The van der Waals surface area contributed by atoms with E-state index in [9.17, 15) is 10.5 Å². The van der Waals surface area contributed by atoms with Crippen molar-refractivity contribution < 1.29 is 0 Å². The van der Waals surface area contributed by atoms with E-state index in [1.54, 1.807) is 12.1 Å². The molecule has 4 nitrogen and oxygen atoms in total. The molecule has 4 heteroatoms. The number of nitrogens with zero attached hydrogens (tertiary/aromatic N) is 4. The van der Waals surface area contributed by atoms with Crippen LogP contribution in [0.4, 0.5) is 0 Å². The fourth-order valence-electron chi connectivity index (χ4n) is 6.40. The first-order valence-electron chi connectivity index (χ1n) is 13.8. The zero-order chi connectivity index (χ0) is 28.2. The van der Waals surface area contributed by atoms with Crippen LogP contribution in [0.2, 0.25) is 0 Å². The molecule has 194 valence electrons. The molecule has 0 spiro atoms. The highest BCUT2D eigenvalue weighted by molar-refractivity contribution is 6.26. The Morgan fingerprint density at radius 2 is 1.19 bits per heavy atom. The average Bonchev–Trinajstić information content (AvgIpc) is 3.58. The molecule has 0 N–H and O–H groups in total. The molecule has 0 bridgehead atoms. The van der Waals surface area contributed by atoms with E-state index in [4.69, 9.17) is 0 Å². The average molecular weight is 535 g/mol. The van der Waals surface area contributed by atoms with E-state index < -0.39 is 0 Å². The molecule has 2 aromatic heterocycles. The number of hydrogen-bond donors (Lipinski definition) is 0. The van der Waals surface area contributed by atoms with E-state index >= 15 is 0 Å². The lowest BCUT2D eigenvalue weighted by Gasteiger charge is -2.12. The summed E-state index contributed by atoms with van der Waals surface area (Å²) in [5.41, 5.74) is 9.41. The molecule has 8 aromatic rings. The van der Waals surface area contributed by atoms with E-state index in [1.165, 1.54) is 21.5 Å². The number of fused-ring (bicyclic) bond motifs is 7. The van der Waals surface area contributed by atoms with Crippen LogP contribution < -0.4 is 0 Å². The normalized spacial score (nSPS) is 11.3. The van der Waals surface area contributed by atoms with Crippen molar-refractivity contribution in [3.05, 3.63) is 145 Å². The second kappa shape index (κ2) is 9.24. The lowest BCUT2D eigenvalue weighted by molar-refractivity contribution is 1.17. The van der Waals surface area contributed by atoms with Crippen molar-refractivity contribution >= 4 is 43.6 Å². The van der Waals surface area contributed by atoms with Crippen LogP contribution in [0.15, 0.2) is 133 Å². The number of para-hydroxylation sites is 3. The van der Waals surface area contributed by atoms with Crippen LogP contribution in [0.25, 0.3) is 66.1 Å². The van der Waals surface area contributed by atoms with Gasteiger partial charge in [-0.25, -0.2) is 0 Å². The van der Waals surface area contributed by atoms with Gasteiger partial charge in [-0.05, 0) is 65.7 Å². The summed E-state index contributed by atoms with van der Waals surface area (Å²) >= 11 is 0. The zero-order valence-corrected chi connectivity index (χ0v) is 22.5. The van der Waals surface area contributed by atoms with Crippen LogP contribution in [-0.4, -0.2) is 9.13 Å². The van der Waals surface area contributed by atoms with E-state index in [-0.39, 0.29) is 0 Å². The van der Waals surface area contributed by atoms with Gasteiger partial charge >= 0.3 is 0 Å². The Labute approximate surface area is 242 Å². The van der Waals surface area contributed by atoms with Gasteiger partial charge in [0.25, 0.3) is 0 Å². The van der Waals surface area contributed by atoms with Crippen molar-refractivity contribution in [2.45, 2.75) is 0 Å². The summed E-state index contributed by atoms with van der Waals surface area (Å²) in [5, 5.41) is 24.0. The van der Waals surface area contributed by atoms with Crippen LogP contribution in [0.5, 0.6) is 0 Å². The summed E-state index contributed by atoms with van der Waals surface area (Å²) in [6.07, 6.45) is 0. The summed E-state index contributed by atoms with van der Waals surface area (Å²) in [7, 11) is 0. The topological polar surface area (TPSA) is 57.4 Å². The molecule has 0 aliphatic heterocycles. The summed E-state index contributed by atoms with van der Waals surface area (Å²) in [5.74, 6) is 0. The molecule has 6 aromatic carbocycles. The van der Waals surface area contributed by atoms with E-state index in [0.29, 0.717) is 11.1 Å². The minimum Gasteiger partial charge on any atom is -0.309 e. The molecule has 0 radical (unpaired) electrons. The first-order valence-corrected chi connectivity index (χ1v) is 13.8. The third-order valence-corrected chi connectivity index (χ3v) is 8.17. The predicted octanol–water partition coefficient (Wildman–Crippen LogP) is 9.29. The van der Waals surface area contributed by atoms with Crippen molar-refractivity contribution in [1.82, 2.24) is 9.13 Å². The van der Waals surface area contributed by atoms with Crippen molar-refractivity contribution in [3.8, 4) is 34.6 Å². The van der Waals surface area contributed by atoms with E-state index in [2.05, 4.69) is 118 Å². The number of nitriles is 2. The maximum atomic E-state index is 9.88. The van der Waals surface area contributed by atoms with E-state index in [1.807, 2.05) is 24.3 Å². The molecule has 2 heterocycles. The molecule has 0 saturated heterocycles. The maximum Gasteiger partial charge on any atom is 0.0998 e. The van der Waals surface area contributed by atoms with Gasteiger partial charge in [0.05, 0.1) is 45.3 Å². The molecule has 0 aliphatic carbocycles. The first-order chi connectivity index (χ1) is 20.8. The molecular weight excluding hydrogens is 512 g/mol. The van der Waals surface area contributed by atoms with Crippen LogP contribution in [0.3, 0.4) is 0 Å². The number of rotatable bonds is 3. The number of aromatic nitrogens is 2. The third-order valence-electron chi connectivity index (χ3n) is 8.17. The largest absolute Gasteiger partial charge is 0.309 e. The molecule has 0 atom stereocenters. The predicted molar refractivity (Wildman–Crippen MR) is 170 cm³/mol. The quantitative estimate of drug-likeness (QED) is 0.227. The SMILES string of the molecule is N#Cc1ccc(-c2cccc(-n3c4ccccc4c4ccc5c(c6ccccc6n5-c5ccccc5)c43)c2)c(C#N)c1. The zero-order valence-electron chi connectivity index (χ0n) is 22.5. The lowest BCUT2D eigenvalue weighted by atomic mass is 9.98. The summed E-state index contributed by atoms with van der Waals surface area (Å²) < 4.78 is 4.70. The summed E-state index contributed by atoms with van der Waals surface area (Å²) in [6, 6.07) is 50.2. The minimum atomic E-state index is 0.478. The van der Waals surface area contributed by atoms with Crippen molar-refractivity contribution in [2.75, 3.05) is 0 Å². The van der Waals surface area contributed by atoms with Gasteiger partial charge in [0.2, 0.25) is 0 Å². The molecule has 0 aliphatic rings. The van der Waals surface area contributed by atoms with Gasteiger partial charge in [0, 0.05) is 32.9 Å². The molecular formula is C38H22N4. The van der Waals surface area contributed by atoms with Crippen molar-refractivity contribution in [2.24, 2.45) is 0 Å². The highest BCUT2D eigenvalue weighted by Crippen LogP contribution is 2.42. The molecule has 0 amide bonds. The smallest absolute Gasteiger partial charge is 0.0998 e. The highest BCUT2D eigenvalue weighted by atomic mass is 15.0. The van der Waals surface area contributed by atoms with E-state index in [0.717, 1.165) is 44.6 Å². The maximum absolute atomic E-state index is 9.88. The Kier molecular flexibility index (Phi) is 5.22. The lowest BCUT2D eigenvalue weighted by Crippen LogP contribution is -1.96. The minimum absolute atomic E-state index is 0.478. The molecule has 8 rings (SSSR count). The Bertz CT molecular complexity index is 2430. The summed E-state index contributed by atoms with van der Waals surface area (Å²) in [6.45, 7) is 0.